The van der Waals surface area contributed by atoms with Crippen LogP contribution in [0.15, 0.2) is 59.4 Å². The highest BCUT2D eigenvalue weighted by Crippen LogP contribution is 2.16. The van der Waals surface area contributed by atoms with Crippen molar-refractivity contribution < 1.29 is 4.39 Å². The number of rotatable bonds is 3. The second-order valence-electron chi connectivity index (χ2n) is 5.65. The first-order chi connectivity index (χ1) is 11.0. The van der Waals surface area contributed by atoms with Gasteiger partial charge < -0.3 is 0 Å². The van der Waals surface area contributed by atoms with E-state index in [4.69, 9.17) is 0 Å². The summed E-state index contributed by atoms with van der Waals surface area (Å²) in [5.74, 6) is -0.294. The van der Waals surface area contributed by atoms with Gasteiger partial charge in [0.2, 0.25) is 0 Å². The maximum Gasteiger partial charge on any atom is 0.267 e. The number of nitrogens with zero attached hydrogens (tertiary/aromatic N) is 2. The van der Waals surface area contributed by atoms with Crippen LogP contribution in [0.5, 0.6) is 0 Å². The normalized spacial score (nSPS) is 10.7. The van der Waals surface area contributed by atoms with E-state index in [2.05, 4.69) is 11.2 Å². The van der Waals surface area contributed by atoms with Gasteiger partial charge in [0.1, 0.15) is 5.82 Å². The van der Waals surface area contributed by atoms with E-state index < -0.39 is 0 Å². The summed E-state index contributed by atoms with van der Waals surface area (Å²) in [5, 5.41) is 4.42. The van der Waals surface area contributed by atoms with Crippen molar-refractivity contribution in [2.24, 2.45) is 0 Å². The third-order valence-electron chi connectivity index (χ3n) is 3.83. The Hall–Kier alpha value is -2.75. The van der Waals surface area contributed by atoms with Gasteiger partial charge in [0.25, 0.3) is 5.56 Å². The highest BCUT2D eigenvalue weighted by atomic mass is 19.1. The van der Waals surface area contributed by atoms with Crippen LogP contribution in [0.25, 0.3) is 11.3 Å². The average Bonchev–Trinajstić information content (AvgIpc) is 2.54. The monoisotopic (exact) mass is 308 g/mol. The third-order valence-corrected chi connectivity index (χ3v) is 3.83. The zero-order chi connectivity index (χ0) is 16.4. The predicted octanol–water partition coefficient (Wildman–Crippen LogP) is 3.71. The molecule has 0 N–H and O–H groups in total. The summed E-state index contributed by atoms with van der Waals surface area (Å²) in [5.41, 5.74) is 4.61. The number of halogens is 1. The first-order valence-electron chi connectivity index (χ1n) is 7.43. The molecule has 0 aliphatic heterocycles. The van der Waals surface area contributed by atoms with E-state index in [1.165, 1.54) is 22.9 Å². The fourth-order valence-corrected chi connectivity index (χ4v) is 2.47. The predicted molar refractivity (Wildman–Crippen MR) is 88.9 cm³/mol. The molecular weight excluding hydrogens is 291 g/mol. The van der Waals surface area contributed by atoms with Gasteiger partial charge in [-0.1, -0.05) is 23.8 Å². The summed E-state index contributed by atoms with van der Waals surface area (Å²) in [6.45, 7) is 4.46. The highest BCUT2D eigenvalue weighted by Gasteiger charge is 2.06. The highest BCUT2D eigenvalue weighted by molar-refractivity contribution is 5.57. The summed E-state index contributed by atoms with van der Waals surface area (Å²) >= 11 is 0. The van der Waals surface area contributed by atoms with Crippen LogP contribution in [-0.4, -0.2) is 9.78 Å². The van der Waals surface area contributed by atoms with Gasteiger partial charge in [-0.3, -0.25) is 4.79 Å². The lowest BCUT2D eigenvalue weighted by molar-refractivity contribution is 0.627. The van der Waals surface area contributed by atoms with Crippen LogP contribution in [0.3, 0.4) is 0 Å². The van der Waals surface area contributed by atoms with Crippen molar-refractivity contribution in [1.29, 1.82) is 0 Å². The second-order valence-corrected chi connectivity index (χ2v) is 5.65. The van der Waals surface area contributed by atoms with Gasteiger partial charge >= 0.3 is 0 Å². The molecule has 1 heterocycles. The fourth-order valence-electron chi connectivity index (χ4n) is 2.47. The van der Waals surface area contributed by atoms with Gasteiger partial charge in [0, 0.05) is 11.6 Å². The van der Waals surface area contributed by atoms with Gasteiger partial charge in [0.15, 0.2) is 0 Å². The largest absolute Gasteiger partial charge is 0.268 e. The fraction of sp³-hybridized carbons (Fsp3) is 0.158. The summed E-state index contributed by atoms with van der Waals surface area (Å²) < 4.78 is 14.5. The Morgan fingerprint density at radius 2 is 1.74 bits per heavy atom. The number of aryl methyl sites for hydroxylation is 2. The van der Waals surface area contributed by atoms with E-state index in [-0.39, 0.29) is 11.4 Å². The van der Waals surface area contributed by atoms with Crippen molar-refractivity contribution in [3.05, 3.63) is 87.5 Å². The minimum Gasteiger partial charge on any atom is -0.268 e. The number of benzene rings is 2. The van der Waals surface area contributed by atoms with E-state index in [1.54, 1.807) is 18.2 Å². The molecule has 0 radical (unpaired) electrons. The molecule has 0 amide bonds. The molecule has 0 aliphatic rings. The van der Waals surface area contributed by atoms with E-state index >= 15 is 0 Å². The molecule has 23 heavy (non-hydrogen) atoms. The number of hydrogen-bond donors (Lipinski definition) is 0. The Morgan fingerprint density at radius 3 is 2.48 bits per heavy atom. The molecule has 0 unspecified atom stereocenters. The number of hydrogen-bond acceptors (Lipinski definition) is 2. The van der Waals surface area contributed by atoms with Crippen LogP contribution in [0.4, 0.5) is 4.39 Å². The molecule has 0 aliphatic carbocycles. The van der Waals surface area contributed by atoms with Crippen LogP contribution in [0.1, 0.15) is 16.7 Å². The van der Waals surface area contributed by atoms with Crippen LogP contribution in [0.2, 0.25) is 0 Å². The maximum atomic E-state index is 13.0. The molecule has 116 valence electrons. The number of aromatic nitrogens is 2. The SMILES string of the molecule is Cc1ccc(C)c(Cn2nc(-c3ccc(F)cc3)ccc2=O)c1. The van der Waals surface area contributed by atoms with Crippen molar-refractivity contribution in [2.45, 2.75) is 20.4 Å². The smallest absolute Gasteiger partial charge is 0.267 e. The minimum atomic E-state index is -0.294. The Balaban J connectivity index is 1.99. The van der Waals surface area contributed by atoms with Crippen molar-refractivity contribution in [3.8, 4) is 11.3 Å². The Kier molecular flexibility index (Phi) is 4.06. The standard InChI is InChI=1S/C19H17FN2O/c1-13-3-4-14(2)16(11-13)12-22-19(23)10-9-18(21-22)15-5-7-17(20)8-6-15/h3-11H,12H2,1-2H3. The quantitative estimate of drug-likeness (QED) is 0.739. The molecule has 0 fully saturated rings. The van der Waals surface area contributed by atoms with Gasteiger partial charge in [-0.05, 0) is 55.3 Å². The lowest BCUT2D eigenvalue weighted by atomic mass is 10.1. The first kappa shape index (κ1) is 15.2. The van der Waals surface area contributed by atoms with E-state index in [1.807, 2.05) is 26.0 Å². The maximum absolute atomic E-state index is 13.0. The Labute approximate surface area is 134 Å². The molecule has 3 aromatic rings. The lowest BCUT2D eigenvalue weighted by Gasteiger charge is -2.10. The van der Waals surface area contributed by atoms with Crippen LogP contribution in [-0.2, 0) is 6.54 Å². The summed E-state index contributed by atoms with van der Waals surface area (Å²) in [6, 6.07) is 15.4. The Morgan fingerprint density at radius 1 is 1.00 bits per heavy atom. The van der Waals surface area contributed by atoms with Crippen LogP contribution < -0.4 is 5.56 Å². The molecule has 2 aromatic carbocycles. The van der Waals surface area contributed by atoms with Crippen LogP contribution in [0, 0.1) is 19.7 Å². The molecule has 1 aromatic heterocycles. The molecule has 4 heteroatoms. The second kappa shape index (κ2) is 6.16. The van der Waals surface area contributed by atoms with Gasteiger partial charge in [0.05, 0.1) is 12.2 Å². The molecule has 0 bridgehead atoms. The molecule has 3 nitrogen and oxygen atoms in total. The van der Waals surface area contributed by atoms with E-state index in [9.17, 15) is 9.18 Å². The summed E-state index contributed by atoms with van der Waals surface area (Å²) in [4.78, 5) is 12.1. The summed E-state index contributed by atoms with van der Waals surface area (Å²) in [7, 11) is 0. The van der Waals surface area contributed by atoms with Crippen molar-refractivity contribution >= 4 is 0 Å². The van der Waals surface area contributed by atoms with E-state index in [0.29, 0.717) is 12.2 Å². The van der Waals surface area contributed by atoms with Gasteiger partial charge in [-0.15, -0.1) is 0 Å². The van der Waals surface area contributed by atoms with Crippen molar-refractivity contribution in [2.75, 3.05) is 0 Å². The molecule has 0 atom stereocenters. The average molecular weight is 308 g/mol. The lowest BCUT2D eigenvalue weighted by Crippen LogP contribution is -2.23. The Bertz CT molecular complexity index is 898. The van der Waals surface area contributed by atoms with E-state index in [0.717, 1.165) is 22.3 Å². The zero-order valence-electron chi connectivity index (χ0n) is 13.1. The molecule has 0 saturated carbocycles. The van der Waals surface area contributed by atoms with Gasteiger partial charge in [-0.25, -0.2) is 9.07 Å². The van der Waals surface area contributed by atoms with Crippen molar-refractivity contribution in [3.63, 3.8) is 0 Å². The van der Waals surface area contributed by atoms with Crippen molar-refractivity contribution in [1.82, 2.24) is 9.78 Å². The minimum absolute atomic E-state index is 0.156. The first-order valence-corrected chi connectivity index (χ1v) is 7.43. The third kappa shape index (κ3) is 3.37. The topological polar surface area (TPSA) is 34.9 Å². The van der Waals surface area contributed by atoms with Crippen LogP contribution >= 0.6 is 0 Å². The van der Waals surface area contributed by atoms with Gasteiger partial charge in [-0.2, -0.15) is 5.10 Å². The molecule has 3 rings (SSSR count). The molecular formula is C19H17FN2O. The molecule has 0 saturated heterocycles. The molecule has 0 spiro atoms. The zero-order valence-corrected chi connectivity index (χ0v) is 13.1. The summed E-state index contributed by atoms with van der Waals surface area (Å²) in [6.07, 6.45) is 0.